The van der Waals surface area contributed by atoms with Gasteiger partial charge in [-0.25, -0.2) is 17.5 Å². The molecule has 29 heavy (non-hydrogen) atoms. The minimum atomic E-state index is -3.73. The van der Waals surface area contributed by atoms with Crippen molar-refractivity contribution in [3.63, 3.8) is 0 Å². The molecular formula is C21H32FN3O3S. The van der Waals surface area contributed by atoms with Gasteiger partial charge in [-0.2, -0.15) is 0 Å². The Hall–Kier alpha value is -1.51. The number of halogens is 1. The van der Waals surface area contributed by atoms with Gasteiger partial charge in [0.15, 0.2) is 0 Å². The molecule has 8 heteroatoms. The molecule has 0 spiro atoms. The Labute approximate surface area is 173 Å². The fourth-order valence-electron chi connectivity index (χ4n) is 4.20. The van der Waals surface area contributed by atoms with Crippen LogP contribution in [0, 0.1) is 17.7 Å². The number of likely N-dealkylation sites (tertiary alicyclic amines) is 2. The van der Waals surface area contributed by atoms with Crippen molar-refractivity contribution < 1.29 is 17.6 Å². The summed E-state index contributed by atoms with van der Waals surface area (Å²) in [4.78, 5) is 17.0. The molecule has 1 aromatic rings. The van der Waals surface area contributed by atoms with E-state index in [1.165, 1.54) is 25.0 Å². The van der Waals surface area contributed by atoms with Gasteiger partial charge in [0, 0.05) is 32.6 Å². The molecule has 0 radical (unpaired) electrons. The summed E-state index contributed by atoms with van der Waals surface area (Å²) in [6.45, 7) is 7.21. The molecule has 162 valence electrons. The Morgan fingerprint density at radius 1 is 1.14 bits per heavy atom. The van der Waals surface area contributed by atoms with Gasteiger partial charge in [0.2, 0.25) is 15.9 Å². The highest BCUT2D eigenvalue weighted by Gasteiger charge is 2.26. The Morgan fingerprint density at radius 2 is 1.83 bits per heavy atom. The highest BCUT2D eigenvalue weighted by molar-refractivity contribution is 7.89. The van der Waals surface area contributed by atoms with E-state index in [1.54, 1.807) is 0 Å². The number of hydrogen-bond donors (Lipinski definition) is 1. The molecule has 2 aliphatic heterocycles. The van der Waals surface area contributed by atoms with E-state index in [0.717, 1.165) is 63.6 Å². The van der Waals surface area contributed by atoms with Crippen molar-refractivity contribution in [2.24, 2.45) is 11.8 Å². The summed E-state index contributed by atoms with van der Waals surface area (Å²) in [5, 5.41) is 0. The van der Waals surface area contributed by atoms with Crippen LogP contribution < -0.4 is 4.72 Å². The van der Waals surface area contributed by atoms with Crippen LogP contribution in [0.2, 0.25) is 0 Å². The number of amides is 1. The van der Waals surface area contributed by atoms with Gasteiger partial charge in [0.1, 0.15) is 5.82 Å². The van der Waals surface area contributed by atoms with Crippen LogP contribution in [0.25, 0.3) is 0 Å². The average molecular weight is 426 g/mol. The fraction of sp³-hybridized carbons (Fsp3) is 0.667. The Morgan fingerprint density at radius 3 is 2.52 bits per heavy atom. The van der Waals surface area contributed by atoms with E-state index in [4.69, 9.17) is 0 Å². The second-order valence-corrected chi connectivity index (χ2v) is 10.2. The molecule has 0 bridgehead atoms. The summed E-state index contributed by atoms with van der Waals surface area (Å²) in [5.74, 6) is 0.813. The summed E-state index contributed by atoms with van der Waals surface area (Å²) < 4.78 is 39.9. The molecule has 1 aromatic carbocycles. The molecule has 0 saturated carbocycles. The number of piperidine rings is 2. The first-order chi connectivity index (χ1) is 13.8. The monoisotopic (exact) mass is 425 g/mol. The summed E-state index contributed by atoms with van der Waals surface area (Å²) in [7, 11) is -3.73. The quantitative estimate of drug-likeness (QED) is 0.729. The SMILES string of the molecule is CC1CCN(CC2CCCN(C(=O)CCNS(=O)(=O)c3ccc(F)cc3)C2)CC1. The lowest BCUT2D eigenvalue weighted by molar-refractivity contribution is -0.133. The first-order valence-electron chi connectivity index (χ1n) is 10.6. The van der Waals surface area contributed by atoms with E-state index >= 15 is 0 Å². The zero-order valence-electron chi connectivity index (χ0n) is 17.1. The van der Waals surface area contributed by atoms with E-state index in [9.17, 15) is 17.6 Å². The molecule has 1 atom stereocenters. The van der Waals surface area contributed by atoms with E-state index in [1.807, 2.05) is 4.90 Å². The summed E-state index contributed by atoms with van der Waals surface area (Å²) in [6.07, 6.45) is 4.79. The molecule has 0 aliphatic carbocycles. The van der Waals surface area contributed by atoms with Crippen LogP contribution in [0.4, 0.5) is 4.39 Å². The lowest BCUT2D eigenvalue weighted by Gasteiger charge is -2.38. The molecule has 1 N–H and O–H groups in total. The normalized spacial score (nSPS) is 22.0. The lowest BCUT2D eigenvalue weighted by atomic mass is 9.94. The van der Waals surface area contributed by atoms with Crippen molar-refractivity contribution in [2.45, 2.75) is 43.9 Å². The number of rotatable bonds is 7. The van der Waals surface area contributed by atoms with Gasteiger partial charge in [-0.3, -0.25) is 4.79 Å². The van der Waals surface area contributed by atoms with Crippen LogP contribution in [0.1, 0.15) is 39.0 Å². The first-order valence-corrected chi connectivity index (χ1v) is 12.1. The maximum atomic E-state index is 13.0. The average Bonchev–Trinajstić information content (AvgIpc) is 2.70. The molecule has 1 amide bonds. The van der Waals surface area contributed by atoms with Gasteiger partial charge in [-0.05, 0) is 74.9 Å². The van der Waals surface area contributed by atoms with E-state index in [-0.39, 0.29) is 23.8 Å². The molecule has 3 rings (SSSR count). The first kappa shape index (κ1) is 22.2. The van der Waals surface area contributed by atoms with E-state index in [0.29, 0.717) is 5.92 Å². The van der Waals surface area contributed by atoms with Gasteiger partial charge < -0.3 is 9.80 Å². The summed E-state index contributed by atoms with van der Waals surface area (Å²) in [6, 6.07) is 4.65. The van der Waals surface area contributed by atoms with Crippen LogP contribution in [0.15, 0.2) is 29.2 Å². The molecule has 2 saturated heterocycles. The van der Waals surface area contributed by atoms with Crippen molar-refractivity contribution >= 4 is 15.9 Å². The number of hydrogen-bond acceptors (Lipinski definition) is 4. The summed E-state index contributed by atoms with van der Waals surface area (Å²) in [5.41, 5.74) is 0. The number of benzene rings is 1. The maximum Gasteiger partial charge on any atom is 0.240 e. The highest BCUT2D eigenvalue weighted by Crippen LogP contribution is 2.22. The van der Waals surface area contributed by atoms with Crippen LogP contribution in [0.5, 0.6) is 0 Å². The third-order valence-electron chi connectivity index (χ3n) is 6.02. The molecular weight excluding hydrogens is 393 g/mol. The molecule has 6 nitrogen and oxygen atoms in total. The summed E-state index contributed by atoms with van der Waals surface area (Å²) >= 11 is 0. The lowest BCUT2D eigenvalue weighted by Crippen LogP contribution is -2.45. The topological polar surface area (TPSA) is 69.7 Å². The zero-order valence-corrected chi connectivity index (χ0v) is 18.0. The third-order valence-corrected chi connectivity index (χ3v) is 7.50. The fourth-order valence-corrected chi connectivity index (χ4v) is 5.23. The van der Waals surface area contributed by atoms with Crippen molar-refractivity contribution in [3.8, 4) is 0 Å². The Balaban J connectivity index is 1.43. The number of sulfonamides is 1. The van der Waals surface area contributed by atoms with Gasteiger partial charge in [0.05, 0.1) is 4.90 Å². The van der Waals surface area contributed by atoms with Gasteiger partial charge in [-0.1, -0.05) is 6.92 Å². The number of carbonyl (C=O) groups excluding carboxylic acids is 1. The predicted molar refractivity (Wildman–Crippen MR) is 110 cm³/mol. The third kappa shape index (κ3) is 6.49. The van der Waals surface area contributed by atoms with Crippen LogP contribution in [-0.2, 0) is 14.8 Å². The van der Waals surface area contributed by atoms with Crippen LogP contribution in [-0.4, -0.2) is 63.4 Å². The van der Waals surface area contributed by atoms with Crippen LogP contribution >= 0.6 is 0 Å². The second-order valence-electron chi connectivity index (χ2n) is 8.43. The second kappa shape index (κ2) is 10.00. The predicted octanol–water partition coefficient (Wildman–Crippen LogP) is 2.46. The Bertz CT molecular complexity index is 777. The smallest absolute Gasteiger partial charge is 0.240 e. The largest absolute Gasteiger partial charge is 0.342 e. The number of nitrogens with zero attached hydrogens (tertiary/aromatic N) is 2. The van der Waals surface area contributed by atoms with Crippen molar-refractivity contribution in [3.05, 3.63) is 30.1 Å². The van der Waals surface area contributed by atoms with E-state index < -0.39 is 15.8 Å². The molecule has 2 heterocycles. The number of carbonyl (C=O) groups is 1. The maximum absolute atomic E-state index is 13.0. The minimum absolute atomic E-state index is 0.000218. The van der Waals surface area contributed by atoms with Crippen LogP contribution in [0.3, 0.4) is 0 Å². The van der Waals surface area contributed by atoms with E-state index in [2.05, 4.69) is 16.5 Å². The molecule has 2 fully saturated rings. The number of nitrogens with one attached hydrogen (secondary N) is 1. The minimum Gasteiger partial charge on any atom is -0.342 e. The molecule has 1 unspecified atom stereocenters. The van der Waals surface area contributed by atoms with Crippen molar-refractivity contribution in [2.75, 3.05) is 39.3 Å². The molecule has 0 aromatic heterocycles. The zero-order chi connectivity index (χ0) is 20.9. The van der Waals surface area contributed by atoms with Gasteiger partial charge in [0.25, 0.3) is 0 Å². The molecule has 2 aliphatic rings. The van der Waals surface area contributed by atoms with Crippen molar-refractivity contribution in [1.82, 2.24) is 14.5 Å². The van der Waals surface area contributed by atoms with Crippen molar-refractivity contribution in [1.29, 1.82) is 0 Å². The Kier molecular flexibility index (Phi) is 7.65. The standard InChI is InChI=1S/C21H32FN3O3S/c1-17-9-13-24(14-10-17)15-18-3-2-12-25(16-18)21(26)8-11-23-29(27,28)20-6-4-19(22)5-7-20/h4-7,17-18,23H,2-3,8-16H2,1H3. The highest BCUT2D eigenvalue weighted by atomic mass is 32.2. The van der Waals surface area contributed by atoms with Gasteiger partial charge >= 0.3 is 0 Å². The van der Waals surface area contributed by atoms with Gasteiger partial charge in [-0.15, -0.1) is 0 Å².